The lowest BCUT2D eigenvalue weighted by molar-refractivity contribution is 0.367. The number of hydrogen-bond acceptors (Lipinski definition) is 4. The van der Waals surface area contributed by atoms with E-state index in [0.29, 0.717) is 0 Å². The summed E-state index contributed by atoms with van der Waals surface area (Å²) in [5.74, 6) is 9.01. The van der Waals surface area contributed by atoms with Gasteiger partial charge in [-0.25, -0.2) is 0 Å². The van der Waals surface area contributed by atoms with Crippen LogP contribution in [0, 0.1) is 5.92 Å². The third kappa shape index (κ3) is 2.99. The van der Waals surface area contributed by atoms with Crippen LogP contribution in [0.3, 0.4) is 0 Å². The Morgan fingerprint density at radius 2 is 2.38 bits per heavy atom. The number of rotatable bonds is 4. The number of nitrogens with one attached hydrogen (secondary N) is 1. The summed E-state index contributed by atoms with van der Waals surface area (Å²) >= 11 is 2.06. The summed E-state index contributed by atoms with van der Waals surface area (Å²) in [7, 11) is 1.94. The highest BCUT2D eigenvalue weighted by Crippen LogP contribution is 2.30. The Hall–Kier alpha value is -0.520. The average molecular weight is 240 g/mol. The summed E-state index contributed by atoms with van der Waals surface area (Å²) in [6.45, 7) is 0. The van der Waals surface area contributed by atoms with E-state index in [1.165, 1.54) is 24.3 Å². The predicted molar refractivity (Wildman–Crippen MR) is 67.9 cm³/mol. The molecular formula is C11H20N4S. The van der Waals surface area contributed by atoms with Gasteiger partial charge in [0, 0.05) is 13.2 Å². The van der Waals surface area contributed by atoms with Crippen molar-refractivity contribution < 1.29 is 0 Å². The monoisotopic (exact) mass is 240 g/mol. The molecule has 1 unspecified atom stereocenters. The molecular weight excluding hydrogens is 220 g/mol. The Bertz CT molecular complexity index is 320. The van der Waals surface area contributed by atoms with Crippen molar-refractivity contribution in [2.45, 2.75) is 25.3 Å². The first-order chi connectivity index (χ1) is 7.79. The smallest absolute Gasteiger partial charge is 0.0807 e. The van der Waals surface area contributed by atoms with Crippen LogP contribution in [0.2, 0.25) is 0 Å². The lowest BCUT2D eigenvalue weighted by Crippen LogP contribution is -2.30. The molecule has 1 aliphatic heterocycles. The van der Waals surface area contributed by atoms with Gasteiger partial charge in [0.25, 0.3) is 0 Å². The predicted octanol–water partition coefficient (Wildman–Crippen LogP) is 1.46. The first-order valence-corrected chi connectivity index (χ1v) is 6.98. The number of nitrogens with two attached hydrogens (primary N) is 1. The van der Waals surface area contributed by atoms with E-state index in [1.54, 1.807) is 0 Å². The highest BCUT2D eigenvalue weighted by molar-refractivity contribution is 7.99. The molecule has 1 aromatic rings. The van der Waals surface area contributed by atoms with E-state index < -0.39 is 0 Å². The molecule has 2 rings (SSSR count). The highest BCUT2D eigenvalue weighted by atomic mass is 32.2. The maximum Gasteiger partial charge on any atom is 0.0807 e. The molecule has 0 aromatic carbocycles. The minimum absolute atomic E-state index is 0.203. The molecule has 90 valence electrons. The molecule has 0 radical (unpaired) electrons. The van der Waals surface area contributed by atoms with Crippen LogP contribution in [0.4, 0.5) is 0 Å². The number of nitrogens with zero attached hydrogens (tertiary/aromatic N) is 2. The van der Waals surface area contributed by atoms with Crippen molar-refractivity contribution in [2.75, 3.05) is 11.5 Å². The van der Waals surface area contributed by atoms with Gasteiger partial charge in [0.15, 0.2) is 0 Å². The Kier molecular flexibility index (Phi) is 4.26. The average Bonchev–Trinajstić information content (AvgIpc) is 2.74. The topological polar surface area (TPSA) is 55.9 Å². The van der Waals surface area contributed by atoms with Gasteiger partial charge in [-0.1, -0.05) is 0 Å². The number of hydrogen-bond donors (Lipinski definition) is 2. The van der Waals surface area contributed by atoms with E-state index in [-0.39, 0.29) is 6.04 Å². The first kappa shape index (κ1) is 12.0. The van der Waals surface area contributed by atoms with Crippen LogP contribution in [-0.4, -0.2) is 21.3 Å². The van der Waals surface area contributed by atoms with Gasteiger partial charge in [-0.3, -0.25) is 16.0 Å². The fraction of sp³-hybridized carbons (Fsp3) is 0.727. The van der Waals surface area contributed by atoms with Crippen LogP contribution >= 0.6 is 11.8 Å². The fourth-order valence-corrected chi connectivity index (χ4v) is 3.41. The van der Waals surface area contributed by atoms with Crippen LogP contribution < -0.4 is 11.3 Å². The standard InChI is InChI=1S/C11H20N4S/c1-15-5-2-10(14-15)11(13-12)8-9-3-6-16-7-4-9/h2,5,9,11,13H,3-4,6-8,12H2,1H3. The van der Waals surface area contributed by atoms with Crippen LogP contribution in [0.25, 0.3) is 0 Å². The van der Waals surface area contributed by atoms with Crippen molar-refractivity contribution in [3.8, 4) is 0 Å². The van der Waals surface area contributed by atoms with Crippen LogP contribution in [0.5, 0.6) is 0 Å². The molecule has 0 amide bonds. The molecule has 5 heteroatoms. The van der Waals surface area contributed by atoms with Gasteiger partial charge in [0.05, 0.1) is 11.7 Å². The van der Waals surface area contributed by atoms with Gasteiger partial charge in [-0.2, -0.15) is 16.9 Å². The number of hydrazine groups is 1. The van der Waals surface area contributed by atoms with E-state index >= 15 is 0 Å². The highest BCUT2D eigenvalue weighted by Gasteiger charge is 2.20. The molecule has 16 heavy (non-hydrogen) atoms. The zero-order valence-electron chi connectivity index (χ0n) is 9.72. The minimum atomic E-state index is 0.203. The number of thioether (sulfide) groups is 1. The Morgan fingerprint density at radius 1 is 1.62 bits per heavy atom. The Balaban J connectivity index is 1.94. The zero-order chi connectivity index (χ0) is 11.4. The quantitative estimate of drug-likeness (QED) is 0.618. The Morgan fingerprint density at radius 3 is 2.94 bits per heavy atom. The van der Waals surface area contributed by atoms with Gasteiger partial charge >= 0.3 is 0 Å². The molecule has 1 saturated heterocycles. The number of aryl methyl sites for hydroxylation is 1. The van der Waals surface area contributed by atoms with Crippen LogP contribution in [0.15, 0.2) is 12.3 Å². The minimum Gasteiger partial charge on any atom is -0.275 e. The fourth-order valence-electron chi connectivity index (χ4n) is 2.21. The molecule has 0 saturated carbocycles. The number of aromatic nitrogens is 2. The van der Waals surface area contributed by atoms with E-state index in [0.717, 1.165) is 18.0 Å². The van der Waals surface area contributed by atoms with Crippen molar-refractivity contribution in [1.82, 2.24) is 15.2 Å². The van der Waals surface area contributed by atoms with Gasteiger partial charge in [-0.05, 0) is 42.8 Å². The van der Waals surface area contributed by atoms with Gasteiger partial charge < -0.3 is 0 Å². The van der Waals surface area contributed by atoms with Gasteiger partial charge in [-0.15, -0.1) is 0 Å². The largest absolute Gasteiger partial charge is 0.275 e. The molecule has 0 bridgehead atoms. The van der Waals surface area contributed by atoms with Crippen molar-refractivity contribution >= 4 is 11.8 Å². The van der Waals surface area contributed by atoms with Gasteiger partial charge in [0.1, 0.15) is 0 Å². The summed E-state index contributed by atoms with van der Waals surface area (Å²) in [5.41, 5.74) is 3.95. The first-order valence-electron chi connectivity index (χ1n) is 5.83. The van der Waals surface area contributed by atoms with Crippen molar-refractivity contribution in [3.05, 3.63) is 18.0 Å². The van der Waals surface area contributed by atoms with Crippen molar-refractivity contribution in [3.63, 3.8) is 0 Å². The second-order valence-corrected chi connectivity index (χ2v) is 5.65. The summed E-state index contributed by atoms with van der Waals surface area (Å²) < 4.78 is 1.83. The van der Waals surface area contributed by atoms with Crippen LogP contribution in [-0.2, 0) is 7.05 Å². The summed E-state index contributed by atoms with van der Waals surface area (Å²) in [5, 5.41) is 4.42. The third-order valence-corrected chi connectivity index (χ3v) is 4.25. The zero-order valence-corrected chi connectivity index (χ0v) is 10.5. The molecule has 1 aliphatic rings. The summed E-state index contributed by atoms with van der Waals surface area (Å²) in [6, 6.07) is 2.25. The molecule has 2 heterocycles. The second-order valence-electron chi connectivity index (χ2n) is 4.42. The Labute approximate surface area is 101 Å². The molecule has 1 fully saturated rings. The molecule has 1 atom stereocenters. The lowest BCUT2D eigenvalue weighted by atomic mass is 9.93. The summed E-state index contributed by atoms with van der Waals surface area (Å²) in [4.78, 5) is 0. The SMILES string of the molecule is Cn1ccc(C(CC2CCSCC2)NN)n1. The van der Waals surface area contributed by atoms with E-state index in [1.807, 2.05) is 24.0 Å². The van der Waals surface area contributed by atoms with E-state index in [2.05, 4.69) is 22.3 Å². The second kappa shape index (κ2) is 5.70. The molecule has 1 aromatic heterocycles. The normalized spacial score (nSPS) is 19.9. The molecule has 4 nitrogen and oxygen atoms in total. The molecule has 0 spiro atoms. The van der Waals surface area contributed by atoms with E-state index in [9.17, 15) is 0 Å². The van der Waals surface area contributed by atoms with E-state index in [4.69, 9.17) is 5.84 Å². The van der Waals surface area contributed by atoms with Crippen molar-refractivity contribution in [2.24, 2.45) is 18.8 Å². The lowest BCUT2D eigenvalue weighted by Gasteiger charge is -2.25. The third-order valence-electron chi connectivity index (χ3n) is 3.20. The maximum absolute atomic E-state index is 5.63. The summed E-state index contributed by atoms with van der Waals surface area (Å²) in [6.07, 6.45) is 5.70. The van der Waals surface area contributed by atoms with Gasteiger partial charge in [0.2, 0.25) is 0 Å². The maximum atomic E-state index is 5.63. The molecule has 0 aliphatic carbocycles. The van der Waals surface area contributed by atoms with Crippen molar-refractivity contribution in [1.29, 1.82) is 0 Å². The van der Waals surface area contributed by atoms with Crippen LogP contribution in [0.1, 0.15) is 31.0 Å². The molecule has 3 N–H and O–H groups in total.